The Morgan fingerprint density at radius 1 is 1.20 bits per heavy atom. The predicted octanol–water partition coefficient (Wildman–Crippen LogP) is 1.95. The van der Waals surface area contributed by atoms with Gasteiger partial charge in [-0.3, -0.25) is 0 Å². The number of nitrogens with zero attached hydrogens (tertiary/aromatic N) is 1. The van der Waals surface area contributed by atoms with E-state index in [9.17, 15) is 0 Å². The zero-order valence-electron chi connectivity index (χ0n) is 5.58. The maximum atomic E-state index is 4.24. The summed E-state index contributed by atoms with van der Waals surface area (Å²) in [5, 5.41) is 0. The van der Waals surface area contributed by atoms with Crippen LogP contribution < -0.4 is 4.72 Å². The molecule has 1 nitrogen and oxygen atoms in total. The first-order valence-electron chi connectivity index (χ1n) is 3.32. The molecule has 1 aliphatic heterocycles. The first-order valence-corrected chi connectivity index (χ1v) is 4.26. The maximum absolute atomic E-state index is 4.24. The smallest absolute Gasteiger partial charge is 0.0510 e. The zero-order valence-corrected chi connectivity index (χ0v) is 6.40. The number of benzene rings is 1. The van der Waals surface area contributed by atoms with E-state index in [1.54, 1.807) is 11.9 Å². The van der Waals surface area contributed by atoms with Gasteiger partial charge in [0.2, 0.25) is 0 Å². The van der Waals surface area contributed by atoms with E-state index in [4.69, 9.17) is 0 Å². The van der Waals surface area contributed by atoms with Crippen molar-refractivity contribution in [2.24, 2.45) is 0 Å². The second kappa shape index (κ2) is 2.64. The Bertz CT molecular complexity index is 209. The van der Waals surface area contributed by atoms with Gasteiger partial charge in [0.15, 0.2) is 0 Å². The molecule has 1 aliphatic rings. The van der Waals surface area contributed by atoms with Crippen molar-refractivity contribution in [2.45, 2.75) is 12.3 Å². The van der Waals surface area contributed by atoms with Gasteiger partial charge in [-0.2, -0.15) is 4.72 Å². The predicted molar refractivity (Wildman–Crippen MR) is 43.6 cm³/mol. The summed E-state index contributed by atoms with van der Waals surface area (Å²) in [7, 11) is 0. The molecule has 0 atom stereocenters. The quantitative estimate of drug-likeness (QED) is 0.515. The molecule has 1 aromatic rings. The molecule has 0 saturated carbocycles. The van der Waals surface area contributed by atoms with Gasteiger partial charge in [0.25, 0.3) is 0 Å². The molecule has 0 fully saturated rings. The summed E-state index contributed by atoms with van der Waals surface area (Å²) in [5.74, 6) is 1.05. The van der Waals surface area contributed by atoms with Gasteiger partial charge in [-0.1, -0.05) is 36.2 Å². The van der Waals surface area contributed by atoms with Crippen molar-refractivity contribution in [1.29, 1.82) is 0 Å². The van der Waals surface area contributed by atoms with Crippen LogP contribution in [0.1, 0.15) is 11.1 Å². The molecule has 0 N–H and O–H groups in total. The van der Waals surface area contributed by atoms with Crippen molar-refractivity contribution in [2.75, 3.05) is 0 Å². The van der Waals surface area contributed by atoms with Crippen molar-refractivity contribution >= 4 is 11.9 Å². The Morgan fingerprint density at radius 2 is 2.00 bits per heavy atom. The molecule has 0 aliphatic carbocycles. The molecule has 2 heteroatoms. The molecular formula is C8H8NS. The molecule has 0 aromatic heterocycles. The van der Waals surface area contributed by atoms with Crippen LogP contribution in [0.4, 0.5) is 0 Å². The van der Waals surface area contributed by atoms with E-state index < -0.39 is 0 Å². The molecular weight excluding hydrogens is 142 g/mol. The molecule has 0 spiro atoms. The third kappa shape index (κ3) is 1.04. The van der Waals surface area contributed by atoms with Gasteiger partial charge in [-0.05, 0) is 11.1 Å². The third-order valence-electron chi connectivity index (χ3n) is 1.66. The van der Waals surface area contributed by atoms with E-state index in [1.807, 2.05) is 0 Å². The summed E-state index contributed by atoms with van der Waals surface area (Å²) >= 11 is 1.66. The first-order chi connectivity index (χ1) is 4.97. The third-order valence-corrected chi connectivity index (χ3v) is 2.42. The molecule has 10 heavy (non-hydrogen) atoms. The lowest BCUT2D eigenvalue weighted by Gasteiger charge is -2.13. The van der Waals surface area contributed by atoms with Crippen LogP contribution in [-0.4, -0.2) is 0 Å². The minimum absolute atomic E-state index is 0.890. The van der Waals surface area contributed by atoms with Crippen LogP contribution in [-0.2, 0) is 12.3 Å². The normalized spacial score (nSPS) is 16.4. The summed E-state index contributed by atoms with van der Waals surface area (Å²) in [6.45, 7) is 0.890. The van der Waals surface area contributed by atoms with Crippen molar-refractivity contribution in [3.8, 4) is 0 Å². The second-order valence-corrected chi connectivity index (χ2v) is 3.13. The first kappa shape index (κ1) is 6.25. The lowest BCUT2D eigenvalue weighted by Crippen LogP contribution is -2.05. The van der Waals surface area contributed by atoms with E-state index in [1.165, 1.54) is 11.1 Å². The lowest BCUT2D eigenvalue weighted by atomic mass is 10.1. The van der Waals surface area contributed by atoms with Crippen LogP contribution in [0.2, 0.25) is 0 Å². The minimum atomic E-state index is 0.890. The summed E-state index contributed by atoms with van der Waals surface area (Å²) in [6.07, 6.45) is 0. The van der Waals surface area contributed by atoms with Crippen molar-refractivity contribution in [3.63, 3.8) is 0 Å². The van der Waals surface area contributed by atoms with Gasteiger partial charge in [0.1, 0.15) is 0 Å². The highest BCUT2D eigenvalue weighted by Gasteiger charge is 2.07. The zero-order chi connectivity index (χ0) is 6.81. The number of hydrogen-bond acceptors (Lipinski definition) is 1. The van der Waals surface area contributed by atoms with Crippen molar-refractivity contribution in [1.82, 2.24) is 4.72 Å². The van der Waals surface area contributed by atoms with Gasteiger partial charge in [-0.25, -0.2) is 0 Å². The van der Waals surface area contributed by atoms with Crippen LogP contribution in [0.3, 0.4) is 0 Å². The maximum Gasteiger partial charge on any atom is 0.0510 e. The highest BCUT2D eigenvalue weighted by atomic mass is 32.2. The molecule has 51 valence electrons. The van der Waals surface area contributed by atoms with Gasteiger partial charge in [-0.15, -0.1) is 0 Å². The fourth-order valence-corrected chi connectivity index (χ4v) is 1.83. The standard InChI is InChI=1S/C8H8NS/c1-2-4-8-6-10-9-5-7(8)3-1/h1-4H,5-6H2. The summed E-state index contributed by atoms with van der Waals surface area (Å²) in [6, 6.07) is 8.49. The van der Waals surface area contributed by atoms with Gasteiger partial charge < -0.3 is 0 Å². The number of fused-ring (bicyclic) bond motifs is 1. The Balaban J connectivity index is 2.41. The summed E-state index contributed by atoms with van der Waals surface area (Å²) in [5.41, 5.74) is 2.84. The minimum Gasteiger partial charge on any atom is -0.170 e. The molecule has 1 aromatic carbocycles. The molecule has 0 unspecified atom stereocenters. The molecule has 0 saturated heterocycles. The van der Waals surface area contributed by atoms with E-state index in [0.29, 0.717) is 0 Å². The summed E-state index contributed by atoms with van der Waals surface area (Å²) < 4.78 is 4.24. The SMILES string of the molecule is c1ccc2c(c1)C[N]SC2. The van der Waals surface area contributed by atoms with Crippen LogP contribution in [0, 0.1) is 0 Å². The Kier molecular flexibility index (Phi) is 1.65. The topological polar surface area (TPSA) is 14.1 Å². The Labute approximate surface area is 65.0 Å². The van der Waals surface area contributed by atoms with E-state index >= 15 is 0 Å². The van der Waals surface area contributed by atoms with Crippen molar-refractivity contribution < 1.29 is 0 Å². The fourth-order valence-electron chi connectivity index (χ4n) is 1.08. The van der Waals surface area contributed by atoms with Crippen molar-refractivity contribution in [3.05, 3.63) is 35.4 Å². The van der Waals surface area contributed by atoms with Crippen LogP contribution in [0.5, 0.6) is 0 Å². The Morgan fingerprint density at radius 3 is 2.80 bits per heavy atom. The van der Waals surface area contributed by atoms with Crippen LogP contribution in [0.15, 0.2) is 24.3 Å². The average molecular weight is 150 g/mol. The molecule has 2 rings (SSSR count). The van der Waals surface area contributed by atoms with Crippen LogP contribution in [0.25, 0.3) is 0 Å². The fraction of sp³-hybridized carbons (Fsp3) is 0.250. The molecule has 0 bridgehead atoms. The molecule has 0 amide bonds. The van der Waals surface area contributed by atoms with Gasteiger partial charge in [0.05, 0.1) is 6.54 Å². The number of rotatable bonds is 0. The highest BCUT2D eigenvalue weighted by molar-refractivity contribution is 7.96. The molecule has 1 heterocycles. The van der Waals surface area contributed by atoms with Crippen LogP contribution >= 0.6 is 11.9 Å². The monoisotopic (exact) mass is 150 g/mol. The number of hydrogen-bond donors (Lipinski definition) is 0. The average Bonchev–Trinajstić information content (AvgIpc) is 2.05. The Hall–Kier alpha value is -0.470. The molecule has 1 radical (unpaired) electrons. The highest BCUT2D eigenvalue weighted by Crippen LogP contribution is 2.21. The second-order valence-electron chi connectivity index (χ2n) is 2.33. The largest absolute Gasteiger partial charge is 0.170 e. The van der Waals surface area contributed by atoms with Gasteiger partial charge >= 0.3 is 0 Å². The van der Waals surface area contributed by atoms with Gasteiger partial charge in [0, 0.05) is 5.75 Å². The lowest BCUT2D eigenvalue weighted by molar-refractivity contribution is 0.921. The van der Waals surface area contributed by atoms with E-state index in [-0.39, 0.29) is 0 Å². The van der Waals surface area contributed by atoms with E-state index in [0.717, 1.165) is 12.3 Å². The summed E-state index contributed by atoms with van der Waals surface area (Å²) in [4.78, 5) is 0. The van der Waals surface area contributed by atoms with E-state index in [2.05, 4.69) is 29.0 Å².